The fourth-order valence-corrected chi connectivity index (χ4v) is 11.7. The highest BCUT2D eigenvalue weighted by atomic mass is 32.2. The molecule has 0 radical (unpaired) electrons. The number of carboxylic acids is 6. The van der Waals surface area contributed by atoms with Gasteiger partial charge in [-0.1, -0.05) is 6.07 Å². The monoisotopic (exact) mass is 1340 g/mol. The Hall–Kier alpha value is -9.42. The minimum Gasteiger partial charge on any atom is -0.494 e. The van der Waals surface area contributed by atoms with Gasteiger partial charge in [0.25, 0.3) is 5.91 Å². The highest BCUT2D eigenvalue weighted by molar-refractivity contribution is 7.89. The van der Waals surface area contributed by atoms with E-state index in [2.05, 4.69) is 46.7 Å². The summed E-state index contributed by atoms with van der Waals surface area (Å²) in [4.78, 5) is 148. The molecule has 2 aromatic carbocycles. The fraction of sp³-hybridized carbons (Fsp3) is 0.508. The highest BCUT2D eigenvalue weighted by Gasteiger charge is 2.31. The number of ether oxygens (including phenoxy) is 1. The van der Waals surface area contributed by atoms with Gasteiger partial charge >= 0.3 is 35.8 Å². The van der Waals surface area contributed by atoms with Gasteiger partial charge in [-0.15, -0.1) is 0 Å². The van der Waals surface area contributed by atoms with Gasteiger partial charge in [0.15, 0.2) is 0 Å². The van der Waals surface area contributed by atoms with Gasteiger partial charge in [0.1, 0.15) is 29.7 Å². The van der Waals surface area contributed by atoms with Crippen LogP contribution in [0, 0.1) is 13.8 Å². The molecule has 0 aliphatic carbocycles. The van der Waals surface area contributed by atoms with E-state index < -0.39 is 145 Å². The van der Waals surface area contributed by atoms with Crippen LogP contribution < -0.4 is 41.4 Å². The van der Waals surface area contributed by atoms with Crippen molar-refractivity contribution in [1.82, 2.24) is 65.7 Å². The Labute approximate surface area is 540 Å². The van der Waals surface area contributed by atoms with Crippen LogP contribution in [-0.4, -0.2) is 268 Å². The van der Waals surface area contributed by atoms with E-state index in [0.29, 0.717) is 18.5 Å². The Kier molecular flexibility index (Phi) is 30.4. The molecule has 514 valence electrons. The second-order valence-electron chi connectivity index (χ2n) is 22.2. The summed E-state index contributed by atoms with van der Waals surface area (Å²) >= 11 is 0. The number of amides is 5. The van der Waals surface area contributed by atoms with Gasteiger partial charge in [-0.25, -0.2) is 13.4 Å². The summed E-state index contributed by atoms with van der Waals surface area (Å²) in [5.41, 5.74) is 1.39. The van der Waals surface area contributed by atoms with Crippen LogP contribution in [0.25, 0.3) is 10.9 Å². The van der Waals surface area contributed by atoms with Crippen LogP contribution >= 0.6 is 0 Å². The smallest absolute Gasteiger partial charge is 0.323 e. The molecule has 34 nitrogen and oxygen atoms in total. The second-order valence-corrected chi connectivity index (χ2v) is 23.8. The van der Waals surface area contributed by atoms with Crippen LogP contribution in [0.15, 0.2) is 65.8 Å². The molecule has 1 saturated heterocycles. The maximum atomic E-state index is 13.7. The Bertz CT molecular complexity index is 3360. The molecule has 1 aliphatic heterocycles. The summed E-state index contributed by atoms with van der Waals surface area (Å²) in [6.07, 6.45) is 1.99. The van der Waals surface area contributed by atoms with Crippen LogP contribution in [0.2, 0.25) is 0 Å². The zero-order valence-electron chi connectivity index (χ0n) is 52.1. The number of aryl methyl sites for hydroxylation is 3. The quantitative estimate of drug-likeness (QED) is 0.0222. The van der Waals surface area contributed by atoms with E-state index in [1.807, 2.05) is 18.2 Å². The predicted molar refractivity (Wildman–Crippen MR) is 334 cm³/mol. The first-order valence-corrected chi connectivity index (χ1v) is 31.6. The number of carbonyl (C=O) groups excluding carboxylic acids is 5. The van der Waals surface area contributed by atoms with E-state index in [4.69, 9.17) is 4.74 Å². The Morgan fingerprint density at radius 3 is 1.67 bits per heavy atom. The number of aliphatic carboxylic acids is 6. The Balaban J connectivity index is 1.08. The molecule has 13 N–H and O–H groups in total. The molecular formula is C59H82N14O20S. The molecule has 5 amide bonds. The third kappa shape index (κ3) is 26.7. The minimum atomic E-state index is -4.49. The van der Waals surface area contributed by atoms with E-state index in [0.717, 1.165) is 17.8 Å². The number of nitrogens with zero attached hydrogens (tertiary/aromatic N) is 7. The maximum Gasteiger partial charge on any atom is 0.323 e. The number of anilines is 1. The average molecular weight is 1340 g/mol. The van der Waals surface area contributed by atoms with Gasteiger partial charge < -0.3 is 67.3 Å². The standard InChI is InChI=1S/C59H82N14O20S/c1-38-29-42(30-39(2)55(38)94(91,92)68-45(59(89)90)33-64-56(86)40-9-12-46-41(31-40)32-65-73(46)19-6-16-61-47-7-3-4-15-60-47)93-28-5-8-48(74)62-17-18-63-57(87)43(10-13-50(76)77)67-58(88)44(11-14-51(78)79)66-49(75)34-69-20-22-70(35-52(80)81)24-26-72(37-54(84)85)27-25-71(23-21-69)36-53(82)83/h3-4,7,9,12,15,29-32,43-45,68H,5-6,8,10-11,13-14,16-28,33-37H2,1-2H3,(H,60,61)(H,62,74)(H,63,87)(H,64,86)(H,66,75)(H,67,88)(H,76,77)(H,78,79)(H,80,81)(H,82,83)(H,84,85)(H,89,90). The van der Waals surface area contributed by atoms with E-state index in [9.17, 15) is 91.8 Å². The van der Waals surface area contributed by atoms with Gasteiger partial charge in [0.2, 0.25) is 33.7 Å². The molecule has 3 heterocycles. The van der Waals surface area contributed by atoms with Crippen molar-refractivity contribution < 1.29 is 96.5 Å². The normalized spacial score (nSPS) is 14.8. The zero-order chi connectivity index (χ0) is 68.9. The number of nitrogens with one attached hydrogen (secondary N) is 7. The Morgan fingerprint density at radius 1 is 0.585 bits per heavy atom. The molecule has 5 rings (SSSR count). The van der Waals surface area contributed by atoms with Crippen molar-refractivity contribution in [3.05, 3.63) is 77.6 Å². The molecule has 35 heteroatoms. The third-order valence-electron chi connectivity index (χ3n) is 14.7. The van der Waals surface area contributed by atoms with E-state index in [1.165, 1.54) is 35.8 Å². The third-order valence-corrected chi connectivity index (χ3v) is 16.5. The number of benzene rings is 2. The number of aromatic nitrogens is 3. The zero-order valence-corrected chi connectivity index (χ0v) is 52.9. The van der Waals surface area contributed by atoms with E-state index in [1.54, 1.807) is 45.1 Å². The lowest BCUT2D eigenvalue weighted by Crippen LogP contribution is -2.55. The number of carbonyl (C=O) groups is 11. The first-order valence-electron chi connectivity index (χ1n) is 30.2. The van der Waals surface area contributed by atoms with Crippen LogP contribution in [0.4, 0.5) is 5.82 Å². The molecule has 94 heavy (non-hydrogen) atoms. The predicted octanol–water partition coefficient (Wildman–Crippen LogP) is -1.72. The van der Waals surface area contributed by atoms with E-state index in [-0.39, 0.29) is 119 Å². The first-order chi connectivity index (χ1) is 44.6. The van der Waals surface area contributed by atoms with Gasteiger partial charge in [-0.2, -0.15) is 9.82 Å². The molecule has 3 unspecified atom stereocenters. The second kappa shape index (κ2) is 37.9. The number of rotatable bonds is 38. The molecule has 2 aromatic heterocycles. The maximum absolute atomic E-state index is 13.7. The minimum absolute atomic E-state index is 0.00981. The summed E-state index contributed by atoms with van der Waals surface area (Å²) in [6.45, 7) is 2.28. The molecule has 0 bridgehead atoms. The fourth-order valence-electron chi connectivity index (χ4n) is 10.1. The lowest BCUT2D eigenvalue weighted by Gasteiger charge is -2.33. The highest BCUT2D eigenvalue weighted by Crippen LogP contribution is 2.27. The van der Waals surface area contributed by atoms with Gasteiger partial charge in [0.05, 0.1) is 49.4 Å². The van der Waals surface area contributed by atoms with Crippen molar-refractivity contribution >= 4 is 92.1 Å². The summed E-state index contributed by atoms with van der Waals surface area (Å²) < 4.78 is 37.2. The number of fused-ring (bicyclic) bond motifs is 1. The van der Waals surface area contributed by atoms with Gasteiger partial charge in [-0.05, 0) is 93.1 Å². The van der Waals surface area contributed by atoms with Crippen molar-refractivity contribution in [2.45, 2.75) is 88.4 Å². The van der Waals surface area contributed by atoms with Crippen molar-refractivity contribution in [3.63, 3.8) is 0 Å². The summed E-state index contributed by atoms with van der Waals surface area (Å²) in [6, 6.07) is 8.43. The van der Waals surface area contributed by atoms with Crippen molar-refractivity contribution in [2.24, 2.45) is 0 Å². The van der Waals surface area contributed by atoms with E-state index >= 15 is 0 Å². The summed E-state index contributed by atoms with van der Waals surface area (Å²) in [7, 11) is -4.49. The number of pyridine rings is 1. The largest absolute Gasteiger partial charge is 0.494 e. The first kappa shape index (κ1) is 75.3. The van der Waals surface area contributed by atoms with Crippen molar-refractivity contribution in [1.29, 1.82) is 0 Å². The number of carboxylic acid groups (broad SMARTS) is 6. The van der Waals surface area contributed by atoms with Crippen LogP contribution in [0.5, 0.6) is 5.75 Å². The summed E-state index contributed by atoms with van der Waals surface area (Å²) in [5.74, 6) is -10.5. The van der Waals surface area contributed by atoms with Gasteiger partial charge in [-0.3, -0.25) is 77.0 Å². The SMILES string of the molecule is Cc1cc(OCCCC(=O)NCCNC(=O)C(CCC(=O)O)NC(=O)C(CCC(=O)O)NC(=O)CN2CCN(CC(=O)O)CCN(CC(=O)O)CCN(CC(=O)O)CC2)cc(C)c1S(=O)(=O)NC(CNC(=O)c1ccc2c(cnn2CCCNc2ccccn2)c1)C(=O)O. The molecule has 0 spiro atoms. The topological polar surface area (TPSA) is 480 Å². The van der Waals surface area contributed by atoms with Gasteiger partial charge in [0, 0.05) is 121 Å². The number of sulfonamides is 1. The molecular weight excluding hydrogens is 1260 g/mol. The lowest BCUT2D eigenvalue weighted by atomic mass is 10.1. The lowest BCUT2D eigenvalue weighted by molar-refractivity contribution is -0.140. The average Bonchev–Trinajstić information content (AvgIpc) is 0.995. The Morgan fingerprint density at radius 2 is 1.14 bits per heavy atom. The van der Waals surface area contributed by atoms with Crippen LogP contribution in [0.1, 0.15) is 66.4 Å². The molecule has 3 atom stereocenters. The molecule has 1 fully saturated rings. The van der Waals surface area contributed by atoms with Crippen molar-refractivity contribution in [2.75, 3.05) is 117 Å². The van der Waals surface area contributed by atoms with Crippen LogP contribution in [-0.2, 0) is 64.5 Å². The number of hydrogen-bond acceptors (Lipinski definition) is 21. The van der Waals surface area contributed by atoms with Crippen molar-refractivity contribution in [3.8, 4) is 5.75 Å². The molecule has 4 aromatic rings. The molecule has 1 aliphatic rings. The summed E-state index contributed by atoms with van der Waals surface area (Å²) in [5, 5.41) is 78.3. The molecule has 0 saturated carbocycles. The number of hydrogen-bond donors (Lipinski definition) is 13. The van der Waals surface area contributed by atoms with Crippen LogP contribution in [0.3, 0.4) is 0 Å².